The number of fused-ring (bicyclic) bond motifs is 1. The highest BCUT2D eigenvalue weighted by Crippen LogP contribution is 2.36. The van der Waals surface area contributed by atoms with Gasteiger partial charge in [0.25, 0.3) is 0 Å². The number of aromatic nitrogens is 3. The standard InChI is InChI=1S/C16H22N4O3/c1-10-3-14(19-22-10)6-20-5-13-9-21-8-12(15(13)7-20)4-16-17-11(2)18-23-16/h3,12-13,15H,4-9H2,1-2H3/t12-,13-,15+/m1/s1. The summed E-state index contributed by atoms with van der Waals surface area (Å²) in [7, 11) is 0. The Kier molecular flexibility index (Phi) is 3.90. The maximum atomic E-state index is 5.83. The number of aryl methyl sites for hydroxylation is 2. The van der Waals surface area contributed by atoms with E-state index in [1.54, 1.807) is 0 Å². The van der Waals surface area contributed by atoms with E-state index in [4.69, 9.17) is 13.8 Å². The molecule has 0 bridgehead atoms. The highest BCUT2D eigenvalue weighted by atomic mass is 16.5. The third kappa shape index (κ3) is 3.16. The summed E-state index contributed by atoms with van der Waals surface area (Å²) in [6, 6.07) is 2.01. The van der Waals surface area contributed by atoms with E-state index in [0.717, 1.165) is 56.6 Å². The van der Waals surface area contributed by atoms with Crippen molar-refractivity contribution in [1.29, 1.82) is 0 Å². The fourth-order valence-corrected chi connectivity index (χ4v) is 3.90. The van der Waals surface area contributed by atoms with Gasteiger partial charge in [-0.05, 0) is 31.6 Å². The Morgan fingerprint density at radius 3 is 2.83 bits per heavy atom. The van der Waals surface area contributed by atoms with Crippen LogP contribution in [0.3, 0.4) is 0 Å². The zero-order valence-corrected chi connectivity index (χ0v) is 13.6. The van der Waals surface area contributed by atoms with E-state index in [0.29, 0.717) is 23.6 Å². The van der Waals surface area contributed by atoms with Gasteiger partial charge >= 0.3 is 0 Å². The van der Waals surface area contributed by atoms with Gasteiger partial charge in [-0.25, -0.2) is 0 Å². The minimum atomic E-state index is 0.442. The molecule has 0 saturated carbocycles. The third-order valence-electron chi connectivity index (χ3n) is 4.91. The topological polar surface area (TPSA) is 77.4 Å². The first-order valence-electron chi connectivity index (χ1n) is 8.19. The normalized spacial score (nSPS) is 28.2. The molecule has 7 heteroatoms. The summed E-state index contributed by atoms with van der Waals surface area (Å²) in [5.74, 6) is 3.92. The van der Waals surface area contributed by atoms with Crippen LogP contribution >= 0.6 is 0 Å². The molecule has 2 saturated heterocycles. The van der Waals surface area contributed by atoms with Crippen molar-refractivity contribution in [2.24, 2.45) is 17.8 Å². The van der Waals surface area contributed by atoms with Crippen LogP contribution in [0.15, 0.2) is 15.1 Å². The molecule has 4 rings (SSSR count). The van der Waals surface area contributed by atoms with Crippen LogP contribution in [-0.2, 0) is 17.7 Å². The van der Waals surface area contributed by atoms with E-state index in [2.05, 4.69) is 20.2 Å². The first-order chi connectivity index (χ1) is 11.2. The Balaban J connectivity index is 1.41. The quantitative estimate of drug-likeness (QED) is 0.847. The minimum Gasteiger partial charge on any atom is -0.381 e. The predicted octanol–water partition coefficient (Wildman–Crippen LogP) is 1.61. The molecule has 0 spiro atoms. The van der Waals surface area contributed by atoms with E-state index in [1.165, 1.54) is 0 Å². The van der Waals surface area contributed by atoms with Crippen molar-refractivity contribution in [3.8, 4) is 0 Å². The molecule has 0 radical (unpaired) electrons. The lowest BCUT2D eigenvalue weighted by atomic mass is 9.81. The molecule has 0 N–H and O–H groups in total. The fraction of sp³-hybridized carbons (Fsp3) is 0.688. The molecule has 2 aromatic heterocycles. The Hall–Kier alpha value is -1.73. The second-order valence-electron chi connectivity index (χ2n) is 6.78. The molecule has 124 valence electrons. The second kappa shape index (κ2) is 6.05. The number of ether oxygens (including phenoxy) is 1. The summed E-state index contributed by atoms with van der Waals surface area (Å²) in [5.41, 5.74) is 1.01. The van der Waals surface area contributed by atoms with Gasteiger partial charge < -0.3 is 13.8 Å². The van der Waals surface area contributed by atoms with Gasteiger partial charge in [-0.1, -0.05) is 10.3 Å². The number of nitrogens with zero attached hydrogens (tertiary/aromatic N) is 4. The van der Waals surface area contributed by atoms with Crippen molar-refractivity contribution in [2.75, 3.05) is 26.3 Å². The van der Waals surface area contributed by atoms with Crippen LogP contribution in [-0.4, -0.2) is 46.5 Å². The van der Waals surface area contributed by atoms with Gasteiger partial charge in [0.15, 0.2) is 5.82 Å². The van der Waals surface area contributed by atoms with Gasteiger partial charge in [0.1, 0.15) is 5.76 Å². The van der Waals surface area contributed by atoms with Gasteiger partial charge in [-0.15, -0.1) is 0 Å². The lowest BCUT2D eigenvalue weighted by molar-refractivity contribution is -0.0110. The molecule has 7 nitrogen and oxygen atoms in total. The van der Waals surface area contributed by atoms with Crippen LogP contribution in [0.4, 0.5) is 0 Å². The van der Waals surface area contributed by atoms with E-state index in [9.17, 15) is 0 Å². The summed E-state index contributed by atoms with van der Waals surface area (Å²) in [4.78, 5) is 6.79. The van der Waals surface area contributed by atoms with Crippen LogP contribution in [0.2, 0.25) is 0 Å². The zero-order chi connectivity index (χ0) is 15.8. The fourth-order valence-electron chi connectivity index (χ4n) is 3.90. The Morgan fingerprint density at radius 2 is 2.09 bits per heavy atom. The lowest BCUT2D eigenvalue weighted by Gasteiger charge is -2.32. The maximum Gasteiger partial charge on any atom is 0.227 e. The molecule has 3 atom stereocenters. The molecule has 4 heterocycles. The highest BCUT2D eigenvalue weighted by molar-refractivity contribution is 5.04. The van der Waals surface area contributed by atoms with Crippen molar-refractivity contribution in [1.82, 2.24) is 20.2 Å². The summed E-state index contributed by atoms with van der Waals surface area (Å²) in [6.07, 6.45) is 0.804. The monoisotopic (exact) mass is 318 g/mol. The molecule has 2 aliphatic heterocycles. The SMILES string of the molecule is Cc1noc(C[C@@H]2COC[C@H]3CN(Cc4cc(C)on4)C[C@@H]23)n1. The number of hydrogen-bond donors (Lipinski definition) is 0. The van der Waals surface area contributed by atoms with E-state index < -0.39 is 0 Å². The number of hydrogen-bond acceptors (Lipinski definition) is 7. The molecule has 0 aromatic carbocycles. The van der Waals surface area contributed by atoms with Gasteiger partial charge in [-0.2, -0.15) is 4.98 Å². The van der Waals surface area contributed by atoms with Crippen molar-refractivity contribution in [3.63, 3.8) is 0 Å². The number of rotatable bonds is 4. The average molecular weight is 318 g/mol. The molecular formula is C16H22N4O3. The van der Waals surface area contributed by atoms with Crippen LogP contribution < -0.4 is 0 Å². The molecule has 23 heavy (non-hydrogen) atoms. The molecule has 0 unspecified atom stereocenters. The summed E-state index contributed by atoms with van der Waals surface area (Å²) < 4.78 is 16.3. The average Bonchev–Trinajstić information content (AvgIpc) is 3.21. The largest absolute Gasteiger partial charge is 0.381 e. The Bertz CT molecular complexity index is 668. The zero-order valence-electron chi connectivity index (χ0n) is 13.6. The van der Waals surface area contributed by atoms with Crippen molar-refractivity contribution < 1.29 is 13.8 Å². The predicted molar refractivity (Wildman–Crippen MR) is 80.5 cm³/mol. The van der Waals surface area contributed by atoms with Crippen molar-refractivity contribution in [2.45, 2.75) is 26.8 Å². The first kappa shape index (κ1) is 14.8. The molecule has 2 aromatic rings. The van der Waals surface area contributed by atoms with E-state index in [-0.39, 0.29) is 0 Å². The minimum absolute atomic E-state index is 0.442. The van der Waals surface area contributed by atoms with Crippen LogP contribution in [0.5, 0.6) is 0 Å². The van der Waals surface area contributed by atoms with Crippen LogP contribution in [0.1, 0.15) is 23.2 Å². The third-order valence-corrected chi connectivity index (χ3v) is 4.91. The van der Waals surface area contributed by atoms with Gasteiger partial charge in [-0.3, -0.25) is 4.90 Å². The summed E-state index contributed by atoms with van der Waals surface area (Å²) >= 11 is 0. The van der Waals surface area contributed by atoms with Crippen LogP contribution in [0, 0.1) is 31.6 Å². The summed E-state index contributed by atoms with van der Waals surface area (Å²) in [5, 5.41) is 7.99. The smallest absolute Gasteiger partial charge is 0.227 e. The second-order valence-corrected chi connectivity index (χ2v) is 6.78. The lowest BCUT2D eigenvalue weighted by Crippen LogP contribution is -2.36. The molecule has 0 aliphatic carbocycles. The summed E-state index contributed by atoms with van der Waals surface area (Å²) in [6.45, 7) is 8.36. The Morgan fingerprint density at radius 1 is 1.17 bits per heavy atom. The van der Waals surface area contributed by atoms with E-state index >= 15 is 0 Å². The van der Waals surface area contributed by atoms with E-state index in [1.807, 2.05) is 19.9 Å². The molecular weight excluding hydrogens is 296 g/mol. The molecule has 0 amide bonds. The van der Waals surface area contributed by atoms with Crippen LogP contribution in [0.25, 0.3) is 0 Å². The van der Waals surface area contributed by atoms with Gasteiger partial charge in [0.05, 0.1) is 18.9 Å². The highest BCUT2D eigenvalue weighted by Gasteiger charge is 2.41. The maximum absolute atomic E-state index is 5.83. The van der Waals surface area contributed by atoms with Gasteiger partial charge in [0, 0.05) is 32.1 Å². The van der Waals surface area contributed by atoms with Crippen molar-refractivity contribution in [3.05, 3.63) is 29.2 Å². The first-order valence-corrected chi connectivity index (χ1v) is 8.19. The van der Waals surface area contributed by atoms with Crippen molar-refractivity contribution >= 4 is 0 Å². The Labute approximate surface area is 135 Å². The number of likely N-dealkylation sites (tertiary alicyclic amines) is 1. The molecule has 2 aliphatic rings. The molecule has 2 fully saturated rings. The van der Waals surface area contributed by atoms with Gasteiger partial charge in [0.2, 0.25) is 5.89 Å².